The van der Waals surface area contributed by atoms with E-state index in [1.54, 1.807) is 6.08 Å². The summed E-state index contributed by atoms with van der Waals surface area (Å²) in [6.07, 6.45) is 3.28. The van der Waals surface area contributed by atoms with E-state index in [-0.39, 0.29) is 0 Å². The molecule has 1 N–H and O–H groups in total. The fraction of sp³-hybridized carbons (Fsp3) is 0.333. The number of aliphatic hydroxyl groups is 1. The SMILES string of the molecule is C=CC(O)(CCC)c1ccccc1. The van der Waals surface area contributed by atoms with Crippen LogP contribution < -0.4 is 0 Å². The summed E-state index contributed by atoms with van der Waals surface area (Å²) in [6, 6.07) is 9.66. The largest absolute Gasteiger partial charge is 0.381 e. The predicted molar refractivity (Wildman–Crippen MR) is 55.4 cm³/mol. The molecule has 0 saturated carbocycles. The van der Waals surface area contributed by atoms with Gasteiger partial charge >= 0.3 is 0 Å². The van der Waals surface area contributed by atoms with E-state index < -0.39 is 5.60 Å². The Kier molecular flexibility index (Phi) is 3.26. The summed E-state index contributed by atoms with van der Waals surface area (Å²) in [5.74, 6) is 0. The molecule has 70 valence electrons. The number of benzene rings is 1. The second-order valence-corrected chi connectivity index (χ2v) is 3.24. The molecule has 0 aliphatic carbocycles. The van der Waals surface area contributed by atoms with Crippen molar-refractivity contribution in [2.24, 2.45) is 0 Å². The topological polar surface area (TPSA) is 20.2 Å². The highest BCUT2D eigenvalue weighted by molar-refractivity contribution is 5.26. The first-order chi connectivity index (χ1) is 6.23. The van der Waals surface area contributed by atoms with Gasteiger partial charge in [-0.2, -0.15) is 0 Å². The maximum atomic E-state index is 10.2. The van der Waals surface area contributed by atoms with Gasteiger partial charge in [-0.15, -0.1) is 0 Å². The van der Waals surface area contributed by atoms with Crippen LogP contribution in [0.1, 0.15) is 25.3 Å². The molecule has 0 saturated heterocycles. The lowest BCUT2D eigenvalue weighted by atomic mass is 9.90. The second-order valence-electron chi connectivity index (χ2n) is 3.24. The molecule has 1 aromatic carbocycles. The van der Waals surface area contributed by atoms with Crippen molar-refractivity contribution in [3.05, 3.63) is 48.6 Å². The van der Waals surface area contributed by atoms with Crippen molar-refractivity contribution >= 4 is 0 Å². The van der Waals surface area contributed by atoms with E-state index in [1.165, 1.54) is 0 Å². The molecule has 1 heteroatoms. The molecule has 0 bridgehead atoms. The summed E-state index contributed by atoms with van der Waals surface area (Å²) < 4.78 is 0. The maximum Gasteiger partial charge on any atom is 0.107 e. The Balaban J connectivity index is 2.95. The van der Waals surface area contributed by atoms with Gasteiger partial charge < -0.3 is 5.11 Å². The van der Waals surface area contributed by atoms with Crippen molar-refractivity contribution in [1.82, 2.24) is 0 Å². The zero-order valence-electron chi connectivity index (χ0n) is 8.03. The molecule has 0 radical (unpaired) electrons. The average molecular weight is 176 g/mol. The number of rotatable bonds is 4. The monoisotopic (exact) mass is 176 g/mol. The van der Waals surface area contributed by atoms with E-state index in [4.69, 9.17) is 0 Å². The molecule has 1 aromatic rings. The molecule has 0 amide bonds. The zero-order chi connectivity index (χ0) is 9.73. The summed E-state index contributed by atoms with van der Waals surface area (Å²) in [7, 11) is 0. The van der Waals surface area contributed by atoms with Gasteiger partial charge in [0.05, 0.1) is 0 Å². The third-order valence-corrected chi connectivity index (χ3v) is 2.24. The fourth-order valence-corrected chi connectivity index (χ4v) is 1.47. The molecule has 0 heterocycles. The minimum Gasteiger partial charge on any atom is -0.381 e. The van der Waals surface area contributed by atoms with Crippen molar-refractivity contribution in [3.8, 4) is 0 Å². The van der Waals surface area contributed by atoms with Gasteiger partial charge in [-0.3, -0.25) is 0 Å². The average Bonchev–Trinajstić information content (AvgIpc) is 2.19. The predicted octanol–water partition coefficient (Wildman–Crippen LogP) is 2.86. The van der Waals surface area contributed by atoms with E-state index in [1.807, 2.05) is 30.3 Å². The number of hydrogen-bond acceptors (Lipinski definition) is 1. The minimum absolute atomic E-state index is 0.723. The lowest BCUT2D eigenvalue weighted by molar-refractivity contribution is 0.0791. The molecular weight excluding hydrogens is 160 g/mol. The Morgan fingerprint density at radius 1 is 1.38 bits per heavy atom. The molecule has 1 atom stereocenters. The molecule has 0 fully saturated rings. The van der Waals surface area contributed by atoms with Gasteiger partial charge in [0.15, 0.2) is 0 Å². The Bertz CT molecular complexity index is 266. The molecule has 13 heavy (non-hydrogen) atoms. The van der Waals surface area contributed by atoms with Crippen molar-refractivity contribution in [1.29, 1.82) is 0 Å². The van der Waals surface area contributed by atoms with E-state index in [0.29, 0.717) is 0 Å². The molecule has 1 unspecified atom stereocenters. The number of hydrogen-bond donors (Lipinski definition) is 1. The smallest absolute Gasteiger partial charge is 0.107 e. The van der Waals surface area contributed by atoms with Gasteiger partial charge in [0, 0.05) is 0 Å². The zero-order valence-corrected chi connectivity index (χ0v) is 8.03. The Labute approximate surface area is 79.7 Å². The Hall–Kier alpha value is -1.08. The van der Waals surface area contributed by atoms with E-state index in [0.717, 1.165) is 18.4 Å². The lowest BCUT2D eigenvalue weighted by Crippen LogP contribution is -2.21. The summed E-state index contributed by atoms with van der Waals surface area (Å²) in [5, 5.41) is 10.2. The first kappa shape index (κ1) is 10.0. The molecule has 1 rings (SSSR count). The third kappa shape index (κ3) is 2.19. The van der Waals surface area contributed by atoms with Gasteiger partial charge in [-0.25, -0.2) is 0 Å². The van der Waals surface area contributed by atoms with E-state index >= 15 is 0 Å². The molecule has 0 aliphatic heterocycles. The van der Waals surface area contributed by atoms with Crippen LogP contribution in [-0.4, -0.2) is 5.11 Å². The molecular formula is C12H16O. The first-order valence-corrected chi connectivity index (χ1v) is 4.64. The fourth-order valence-electron chi connectivity index (χ4n) is 1.47. The molecule has 0 aliphatic rings. The van der Waals surface area contributed by atoms with Crippen molar-refractivity contribution in [2.75, 3.05) is 0 Å². The first-order valence-electron chi connectivity index (χ1n) is 4.64. The van der Waals surface area contributed by atoms with E-state index in [9.17, 15) is 5.11 Å². The van der Waals surface area contributed by atoms with Crippen LogP contribution in [0, 0.1) is 0 Å². The summed E-state index contributed by atoms with van der Waals surface area (Å²) >= 11 is 0. The molecule has 1 nitrogen and oxygen atoms in total. The highest BCUT2D eigenvalue weighted by Crippen LogP contribution is 2.26. The van der Waals surface area contributed by atoms with Gasteiger partial charge in [-0.1, -0.05) is 56.3 Å². The Morgan fingerprint density at radius 2 is 2.00 bits per heavy atom. The van der Waals surface area contributed by atoms with Gasteiger partial charge in [0.1, 0.15) is 5.60 Å². The van der Waals surface area contributed by atoms with Crippen molar-refractivity contribution in [2.45, 2.75) is 25.4 Å². The van der Waals surface area contributed by atoms with Crippen LogP contribution >= 0.6 is 0 Å². The van der Waals surface area contributed by atoms with Gasteiger partial charge in [0.25, 0.3) is 0 Å². The van der Waals surface area contributed by atoms with Crippen LogP contribution in [-0.2, 0) is 5.60 Å². The van der Waals surface area contributed by atoms with Crippen LogP contribution in [0.2, 0.25) is 0 Å². The maximum absolute atomic E-state index is 10.2. The normalized spacial score (nSPS) is 14.9. The van der Waals surface area contributed by atoms with Crippen LogP contribution in [0.4, 0.5) is 0 Å². The van der Waals surface area contributed by atoms with Crippen LogP contribution in [0.25, 0.3) is 0 Å². The molecule has 0 spiro atoms. The van der Waals surface area contributed by atoms with Crippen molar-refractivity contribution in [3.63, 3.8) is 0 Å². The van der Waals surface area contributed by atoms with Crippen LogP contribution in [0.3, 0.4) is 0 Å². The van der Waals surface area contributed by atoms with Crippen LogP contribution in [0.5, 0.6) is 0 Å². The van der Waals surface area contributed by atoms with Gasteiger partial charge in [0.2, 0.25) is 0 Å². The van der Waals surface area contributed by atoms with Crippen LogP contribution in [0.15, 0.2) is 43.0 Å². The second kappa shape index (κ2) is 4.24. The highest BCUT2D eigenvalue weighted by Gasteiger charge is 2.23. The lowest BCUT2D eigenvalue weighted by Gasteiger charge is -2.24. The highest BCUT2D eigenvalue weighted by atomic mass is 16.3. The van der Waals surface area contributed by atoms with Crippen molar-refractivity contribution < 1.29 is 5.11 Å². The summed E-state index contributed by atoms with van der Waals surface area (Å²) in [5.41, 5.74) is 0.0718. The minimum atomic E-state index is -0.851. The van der Waals surface area contributed by atoms with Gasteiger partial charge in [-0.05, 0) is 12.0 Å². The summed E-state index contributed by atoms with van der Waals surface area (Å²) in [6.45, 7) is 5.73. The standard InChI is InChI=1S/C12H16O/c1-3-10-12(13,4-2)11-8-6-5-7-9-11/h4-9,13H,2-3,10H2,1H3. The van der Waals surface area contributed by atoms with E-state index in [2.05, 4.69) is 13.5 Å². The quantitative estimate of drug-likeness (QED) is 0.699. The summed E-state index contributed by atoms with van der Waals surface area (Å²) in [4.78, 5) is 0. The molecule has 0 aromatic heterocycles. The Morgan fingerprint density at radius 3 is 2.46 bits per heavy atom. The third-order valence-electron chi connectivity index (χ3n) is 2.24.